The smallest absolute Gasteiger partial charge is 0.319 e. The van der Waals surface area contributed by atoms with Crippen LogP contribution < -0.4 is 22.7 Å². The lowest BCUT2D eigenvalue weighted by atomic mass is 10.2. The summed E-state index contributed by atoms with van der Waals surface area (Å²) in [6.45, 7) is 1.24. The van der Waals surface area contributed by atoms with Crippen molar-refractivity contribution in [2.75, 3.05) is 12.3 Å². The monoisotopic (exact) mass is 323 g/mol. The first kappa shape index (κ1) is 16.0. The molecule has 0 amide bonds. The molecule has 1 aromatic heterocycles. The minimum Gasteiger partial charge on any atom is -1.00 e. The van der Waals surface area contributed by atoms with E-state index < -0.39 is 6.29 Å². The van der Waals surface area contributed by atoms with Crippen LogP contribution in [0.1, 0.15) is 11.9 Å². The molecule has 22 heavy (non-hydrogen) atoms. The van der Waals surface area contributed by atoms with Crippen LogP contribution in [0.25, 0.3) is 0 Å². The second-order valence-corrected chi connectivity index (χ2v) is 4.82. The number of halogens is 1. The number of benzene rings is 1. The number of nitrogens with zero attached hydrogens (tertiary/aromatic N) is 2. The maximum Gasteiger partial charge on any atom is 0.319 e. The van der Waals surface area contributed by atoms with Gasteiger partial charge in [-0.3, -0.25) is 0 Å². The third-order valence-corrected chi connectivity index (χ3v) is 3.18. The number of aryl methyl sites for hydroxylation is 1. The van der Waals surface area contributed by atoms with Crippen molar-refractivity contribution in [1.82, 2.24) is 4.57 Å². The number of anilines is 1. The molecular weight excluding hydrogens is 306 g/mol. The van der Waals surface area contributed by atoms with Crippen molar-refractivity contribution in [3.05, 3.63) is 60.8 Å². The zero-order chi connectivity index (χ0) is 14.7. The number of rotatable bonds is 5. The molecule has 7 heteroatoms. The van der Waals surface area contributed by atoms with E-state index in [4.69, 9.17) is 19.9 Å². The molecule has 3 rings (SSSR count). The molecule has 1 aromatic carbocycles. The van der Waals surface area contributed by atoms with Gasteiger partial charge < -0.3 is 32.4 Å². The Morgan fingerprint density at radius 1 is 1.36 bits per heavy atom. The Morgan fingerprint density at radius 3 is 2.91 bits per heavy atom. The Balaban J connectivity index is 0.00000176. The van der Waals surface area contributed by atoms with E-state index in [1.54, 1.807) is 0 Å². The zero-order valence-corrected chi connectivity index (χ0v) is 12.9. The van der Waals surface area contributed by atoms with Gasteiger partial charge in [0.25, 0.3) is 6.29 Å². The van der Waals surface area contributed by atoms with E-state index in [9.17, 15) is 0 Å². The van der Waals surface area contributed by atoms with E-state index in [0.717, 1.165) is 12.1 Å². The molecule has 1 aliphatic rings. The van der Waals surface area contributed by atoms with E-state index in [1.807, 2.05) is 59.2 Å². The zero-order valence-electron chi connectivity index (χ0n) is 12.2. The summed E-state index contributed by atoms with van der Waals surface area (Å²) in [5.74, 6) is 0.375. The van der Waals surface area contributed by atoms with Crippen molar-refractivity contribution >= 4 is 5.69 Å². The second kappa shape index (κ2) is 7.09. The minimum absolute atomic E-state index is 0. The molecule has 0 saturated heterocycles. The van der Waals surface area contributed by atoms with E-state index >= 15 is 0 Å². The van der Waals surface area contributed by atoms with Crippen LogP contribution in [0.15, 0.2) is 55.2 Å². The molecule has 0 saturated carbocycles. The Bertz CT molecular complexity index is 657. The largest absolute Gasteiger partial charge is 1.00 e. The molecule has 0 aliphatic carbocycles. The quantitative estimate of drug-likeness (QED) is 0.535. The lowest BCUT2D eigenvalue weighted by Crippen LogP contribution is -3.00. The average Bonchev–Trinajstić information content (AvgIpc) is 3.09. The van der Waals surface area contributed by atoms with Gasteiger partial charge in [0, 0.05) is 5.69 Å². The normalized spacial score (nSPS) is 16.2. The van der Waals surface area contributed by atoms with Crippen LogP contribution in [-0.4, -0.2) is 11.2 Å². The highest BCUT2D eigenvalue weighted by Gasteiger charge is 2.24. The predicted octanol–water partition coefficient (Wildman–Crippen LogP) is -1.54. The number of para-hydroxylation sites is 1. The molecule has 0 spiro atoms. The fourth-order valence-electron chi connectivity index (χ4n) is 2.09. The number of imidazole rings is 1. The third-order valence-electron chi connectivity index (χ3n) is 3.18. The SMILES string of the molecule is Cn1cc[n+](CCOC2=COC(c3ccccc3N)O2)c1.[Cl-]. The molecular formula is C15H18ClN3O3. The van der Waals surface area contributed by atoms with Crippen LogP contribution in [0.4, 0.5) is 5.69 Å². The lowest BCUT2D eigenvalue weighted by molar-refractivity contribution is -0.697. The van der Waals surface area contributed by atoms with Gasteiger partial charge in [-0.05, 0) is 12.1 Å². The molecule has 1 atom stereocenters. The maximum absolute atomic E-state index is 5.89. The summed E-state index contributed by atoms with van der Waals surface area (Å²) in [5.41, 5.74) is 7.33. The molecule has 2 N–H and O–H groups in total. The Kier molecular flexibility index (Phi) is 5.16. The summed E-state index contributed by atoms with van der Waals surface area (Å²) < 4.78 is 20.6. The number of ether oxygens (including phenoxy) is 3. The van der Waals surface area contributed by atoms with Gasteiger partial charge in [0.2, 0.25) is 6.33 Å². The highest BCUT2D eigenvalue weighted by atomic mass is 35.5. The summed E-state index contributed by atoms with van der Waals surface area (Å²) in [6.07, 6.45) is 6.88. The van der Waals surface area contributed by atoms with Gasteiger partial charge >= 0.3 is 5.95 Å². The first-order chi connectivity index (χ1) is 10.2. The molecule has 6 nitrogen and oxygen atoms in total. The van der Waals surface area contributed by atoms with E-state index in [1.165, 1.54) is 6.26 Å². The van der Waals surface area contributed by atoms with Crippen LogP contribution in [0, 0.1) is 0 Å². The van der Waals surface area contributed by atoms with Gasteiger partial charge in [-0.2, -0.15) is 0 Å². The first-order valence-electron chi connectivity index (χ1n) is 6.73. The molecule has 0 radical (unpaired) electrons. The van der Waals surface area contributed by atoms with Gasteiger partial charge in [0.15, 0.2) is 6.26 Å². The van der Waals surface area contributed by atoms with Crippen molar-refractivity contribution in [2.24, 2.45) is 7.05 Å². The lowest BCUT2D eigenvalue weighted by Gasteiger charge is -2.13. The first-order valence-corrected chi connectivity index (χ1v) is 6.73. The van der Waals surface area contributed by atoms with E-state index in [-0.39, 0.29) is 12.4 Å². The maximum atomic E-state index is 5.89. The summed E-state index contributed by atoms with van der Waals surface area (Å²) in [7, 11) is 1.97. The van der Waals surface area contributed by atoms with E-state index in [2.05, 4.69) is 0 Å². The van der Waals surface area contributed by atoms with Crippen LogP contribution in [0.5, 0.6) is 0 Å². The standard InChI is InChI=1S/C15H18N3O3.ClH/c1-17-6-7-18(11-17)8-9-19-14-10-20-15(21-14)12-4-2-3-5-13(12)16;/h2-7,10-11,15H,8-9,16H2,1H3;1H/q+1;/p-1. The van der Waals surface area contributed by atoms with Crippen LogP contribution >= 0.6 is 0 Å². The van der Waals surface area contributed by atoms with Gasteiger partial charge in [0.05, 0.1) is 12.6 Å². The molecule has 1 aliphatic heterocycles. The Hall–Kier alpha value is -2.34. The van der Waals surface area contributed by atoms with Crippen molar-refractivity contribution in [1.29, 1.82) is 0 Å². The van der Waals surface area contributed by atoms with Crippen molar-refractivity contribution < 1.29 is 31.2 Å². The number of hydrogen-bond donors (Lipinski definition) is 1. The molecule has 2 aromatic rings. The van der Waals surface area contributed by atoms with Gasteiger partial charge in [-0.1, -0.05) is 12.1 Å². The molecule has 2 heterocycles. The second-order valence-electron chi connectivity index (χ2n) is 4.82. The summed E-state index contributed by atoms with van der Waals surface area (Å²) in [5, 5.41) is 0. The fourth-order valence-corrected chi connectivity index (χ4v) is 2.09. The van der Waals surface area contributed by atoms with Crippen molar-refractivity contribution in [2.45, 2.75) is 12.8 Å². The molecule has 0 fully saturated rings. The summed E-state index contributed by atoms with van der Waals surface area (Å²) >= 11 is 0. The topological polar surface area (TPSA) is 62.5 Å². The minimum atomic E-state index is -0.537. The Labute approximate surface area is 135 Å². The number of nitrogens with two attached hydrogens (primary N) is 1. The summed E-state index contributed by atoms with van der Waals surface area (Å²) in [4.78, 5) is 0. The number of hydrogen-bond acceptors (Lipinski definition) is 4. The van der Waals surface area contributed by atoms with Gasteiger partial charge in [0.1, 0.15) is 25.5 Å². The highest BCUT2D eigenvalue weighted by Crippen LogP contribution is 2.31. The van der Waals surface area contributed by atoms with E-state index in [0.29, 0.717) is 18.2 Å². The average molecular weight is 324 g/mol. The van der Waals surface area contributed by atoms with Crippen LogP contribution in [0.3, 0.4) is 0 Å². The predicted molar refractivity (Wildman–Crippen MR) is 75.4 cm³/mol. The van der Waals surface area contributed by atoms with Crippen molar-refractivity contribution in [3.8, 4) is 0 Å². The van der Waals surface area contributed by atoms with Gasteiger partial charge in [-0.25, -0.2) is 9.13 Å². The third kappa shape index (κ3) is 3.65. The molecule has 118 valence electrons. The van der Waals surface area contributed by atoms with Crippen LogP contribution in [0.2, 0.25) is 0 Å². The molecule has 0 bridgehead atoms. The number of aromatic nitrogens is 2. The highest BCUT2D eigenvalue weighted by molar-refractivity contribution is 5.47. The molecule has 1 unspecified atom stereocenters. The van der Waals surface area contributed by atoms with Gasteiger partial charge in [-0.15, -0.1) is 0 Å². The number of nitrogen functional groups attached to an aromatic ring is 1. The van der Waals surface area contributed by atoms with Crippen molar-refractivity contribution in [3.63, 3.8) is 0 Å². The summed E-state index contributed by atoms with van der Waals surface area (Å²) in [6, 6.07) is 7.45. The Morgan fingerprint density at radius 2 is 2.18 bits per heavy atom. The fraction of sp³-hybridized carbons (Fsp3) is 0.267. The van der Waals surface area contributed by atoms with Crippen LogP contribution in [-0.2, 0) is 27.8 Å².